The van der Waals surface area contributed by atoms with Crippen LogP contribution in [0.5, 0.6) is 0 Å². The molecule has 0 radical (unpaired) electrons. The summed E-state index contributed by atoms with van der Waals surface area (Å²) in [4.78, 5) is 2.60. The lowest BCUT2D eigenvalue weighted by Gasteiger charge is -2.07. The summed E-state index contributed by atoms with van der Waals surface area (Å²) >= 11 is 0. The highest BCUT2D eigenvalue weighted by molar-refractivity contribution is 5.03. The first kappa shape index (κ1) is 10.8. The third-order valence-corrected chi connectivity index (χ3v) is 1.00. The Morgan fingerprint density at radius 3 is 2.92 bits per heavy atom. The second-order valence-electron chi connectivity index (χ2n) is 1.87. The summed E-state index contributed by atoms with van der Waals surface area (Å²) < 4.78 is 9.75. The Balaban J connectivity index is 3.82. The zero-order chi connectivity index (χ0) is 9.23. The molecule has 0 heterocycles. The van der Waals surface area contributed by atoms with Crippen LogP contribution in [0.25, 0.3) is 10.4 Å². The van der Waals surface area contributed by atoms with Gasteiger partial charge in [0.15, 0.2) is 0 Å². The van der Waals surface area contributed by atoms with Gasteiger partial charge in [0.05, 0.1) is 6.54 Å². The van der Waals surface area contributed by atoms with Gasteiger partial charge in [-0.2, -0.15) is 0 Å². The zero-order valence-corrected chi connectivity index (χ0v) is 7.15. The Bertz CT molecular complexity index is 212. The van der Waals surface area contributed by atoms with Crippen molar-refractivity contribution in [3.05, 3.63) is 10.4 Å². The minimum atomic E-state index is -0.370. The van der Waals surface area contributed by atoms with Gasteiger partial charge in [0.1, 0.15) is 12.9 Å². The van der Waals surface area contributed by atoms with Gasteiger partial charge in [-0.3, -0.25) is 0 Å². The fourth-order valence-corrected chi connectivity index (χ4v) is 0.562. The van der Waals surface area contributed by atoms with Crippen LogP contribution in [-0.4, -0.2) is 26.6 Å². The molecular weight excluding hydrogens is 158 g/mol. The Morgan fingerprint density at radius 2 is 2.42 bits per heavy atom. The first-order chi connectivity index (χ1) is 5.85. The maximum absolute atomic E-state index is 8.03. The van der Waals surface area contributed by atoms with Gasteiger partial charge < -0.3 is 9.47 Å². The smallest absolute Gasteiger partial charge is 0.148 e. The molecule has 0 aromatic heterocycles. The molecule has 0 N–H and O–H groups in total. The van der Waals surface area contributed by atoms with Crippen LogP contribution in [0.15, 0.2) is 5.11 Å². The summed E-state index contributed by atoms with van der Waals surface area (Å²) in [6, 6.07) is 0. The summed E-state index contributed by atoms with van der Waals surface area (Å²) in [7, 11) is 1.52. The van der Waals surface area contributed by atoms with E-state index in [1.165, 1.54) is 7.11 Å². The molecule has 0 aromatic carbocycles. The van der Waals surface area contributed by atoms with Gasteiger partial charge in [-0.1, -0.05) is 11.0 Å². The molecule has 0 aromatic rings. The molecule has 0 saturated heterocycles. The average Bonchev–Trinajstić information content (AvgIpc) is 2.10. The van der Waals surface area contributed by atoms with E-state index in [4.69, 9.17) is 10.3 Å². The maximum atomic E-state index is 8.03. The highest BCUT2D eigenvalue weighted by Crippen LogP contribution is 1.91. The number of ether oxygens (including phenoxy) is 2. The molecule has 0 unspecified atom stereocenters. The number of nitrogens with zero attached hydrogens (tertiary/aromatic N) is 3. The van der Waals surface area contributed by atoms with Crippen molar-refractivity contribution in [2.45, 2.75) is 13.0 Å². The Labute approximate surface area is 71.3 Å². The van der Waals surface area contributed by atoms with Crippen LogP contribution < -0.4 is 0 Å². The molecule has 66 valence electrons. The molecule has 1 atom stereocenters. The summed E-state index contributed by atoms with van der Waals surface area (Å²) in [5.41, 5.74) is 8.03. The third-order valence-electron chi connectivity index (χ3n) is 1.00. The Morgan fingerprint density at radius 1 is 1.67 bits per heavy atom. The predicted molar refractivity (Wildman–Crippen MR) is 44.2 cm³/mol. The topological polar surface area (TPSA) is 67.2 Å². The van der Waals surface area contributed by atoms with Gasteiger partial charge >= 0.3 is 0 Å². The van der Waals surface area contributed by atoms with Crippen molar-refractivity contribution in [2.75, 3.05) is 20.4 Å². The molecule has 0 amide bonds. The lowest BCUT2D eigenvalue weighted by Crippen LogP contribution is -2.15. The molecule has 0 spiro atoms. The predicted octanol–water partition coefficient (Wildman–Crippen LogP) is 1.31. The molecule has 0 saturated carbocycles. The van der Waals surface area contributed by atoms with E-state index in [9.17, 15) is 0 Å². The van der Waals surface area contributed by atoms with E-state index in [0.717, 1.165) is 0 Å². The van der Waals surface area contributed by atoms with Gasteiger partial charge in [-0.25, -0.2) is 0 Å². The fraction of sp³-hybridized carbons (Fsp3) is 0.714. The number of hydrogen-bond donors (Lipinski definition) is 0. The third kappa shape index (κ3) is 5.57. The van der Waals surface area contributed by atoms with E-state index in [-0.39, 0.29) is 19.4 Å². The van der Waals surface area contributed by atoms with Gasteiger partial charge in [0.2, 0.25) is 0 Å². The second-order valence-corrected chi connectivity index (χ2v) is 1.87. The molecule has 0 aliphatic rings. The number of methoxy groups -OCH3 is 1. The Hall–Kier alpha value is -1.21. The van der Waals surface area contributed by atoms with E-state index in [2.05, 4.69) is 26.6 Å². The van der Waals surface area contributed by atoms with Crippen molar-refractivity contribution in [3.63, 3.8) is 0 Å². The molecule has 0 aliphatic heterocycles. The quantitative estimate of drug-likeness (QED) is 0.205. The van der Waals surface area contributed by atoms with Gasteiger partial charge in [0.25, 0.3) is 0 Å². The van der Waals surface area contributed by atoms with Crippen molar-refractivity contribution in [3.8, 4) is 11.8 Å². The first-order valence-electron chi connectivity index (χ1n) is 3.38. The lowest BCUT2D eigenvalue weighted by atomic mass is 10.3. The summed E-state index contributed by atoms with van der Waals surface area (Å²) in [5.74, 6) is 5.41. The maximum Gasteiger partial charge on any atom is 0.148 e. The van der Waals surface area contributed by atoms with E-state index in [1.54, 1.807) is 6.92 Å². The van der Waals surface area contributed by atoms with Crippen molar-refractivity contribution >= 4 is 0 Å². The molecule has 5 nitrogen and oxygen atoms in total. The Kier molecular flexibility index (Phi) is 7.10. The first-order valence-corrected chi connectivity index (χ1v) is 3.38. The van der Waals surface area contributed by atoms with Crippen molar-refractivity contribution < 1.29 is 9.47 Å². The minimum absolute atomic E-state index is 0.153. The van der Waals surface area contributed by atoms with E-state index in [0.29, 0.717) is 0 Å². The van der Waals surface area contributed by atoms with Crippen LogP contribution in [-0.2, 0) is 9.47 Å². The molecule has 5 heteroatoms. The van der Waals surface area contributed by atoms with Crippen molar-refractivity contribution in [1.29, 1.82) is 0 Å². The van der Waals surface area contributed by atoms with E-state index in [1.807, 2.05) is 0 Å². The highest BCUT2D eigenvalue weighted by atomic mass is 16.7. The van der Waals surface area contributed by atoms with Crippen molar-refractivity contribution in [2.24, 2.45) is 5.11 Å². The van der Waals surface area contributed by atoms with E-state index >= 15 is 0 Å². The molecular formula is C7H11N3O2. The monoisotopic (exact) mass is 169 g/mol. The number of azide groups is 1. The molecule has 0 fully saturated rings. The van der Waals surface area contributed by atoms with Crippen molar-refractivity contribution in [1.82, 2.24) is 0 Å². The average molecular weight is 169 g/mol. The minimum Gasteiger partial charge on any atom is -0.359 e. The molecule has 12 heavy (non-hydrogen) atoms. The highest BCUT2D eigenvalue weighted by Gasteiger charge is 2.01. The van der Waals surface area contributed by atoms with Crippen LogP contribution >= 0.6 is 0 Å². The molecule has 0 bridgehead atoms. The van der Waals surface area contributed by atoms with E-state index < -0.39 is 0 Å². The molecule has 0 rings (SSSR count). The van der Waals surface area contributed by atoms with Gasteiger partial charge in [0, 0.05) is 12.0 Å². The largest absolute Gasteiger partial charge is 0.359 e. The summed E-state index contributed by atoms with van der Waals surface area (Å²) in [6.07, 6.45) is -0.370. The normalized spacial score (nSPS) is 10.8. The number of hydrogen-bond acceptors (Lipinski definition) is 3. The lowest BCUT2D eigenvalue weighted by molar-refractivity contribution is -0.0492. The summed E-state index contributed by atoms with van der Waals surface area (Å²) in [5, 5.41) is 3.34. The van der Waals surface area contributed by atoms with Crippen LogP contribution in [0.4, 0.5) is 0 Å². The zero-order valence-electron chi connectivity index (χ0n) is 7.15. The fourth-order valence-electron chi connectivity index (χ4n) is 0.562. The number of rotatable bonds is 5. The van der Waals surface area contributed by atoms with Crippen LogP contribution in [0.2, 0.25) is 0 Å². The van der Waals surface area contributed by atoms with Crippen LogP contribution in [0.1, 0.15) is 6.92 Å². The van der Waals surface area contributed by atoms with Gasteiger partial charge in [-0.15, -0.1) is 5.92 Å². The standard InChI is InChI=1S/C7H11N3O2/c1-3-4-7(5-9-10-8)12-6-11-2/h7H,5-6H2,1-2H3/t7-/m1/s1. The SMILES string of the molecule is CC#C[C@H](CN=[N+]=[N-])OCOC. The second kappa shape index (κ2) is 7.89. The molecule has 0 aliphatic carbocycles. The van der Waals surface area contributed by atoms with Crippen LogP contribution in [0.3, 0.4) is 0 Å². The van der Waals surface area contributed by atoms with Crippen LogP contribution in [0, 0.1) is 11.8 Å². The summed E-state index contributed by atoms with van der Waals surface area (Å²) in [6.45, 7) is 2.06. The van der Waals surface area contributed by atoms with Gasteiger partial charge in [-0.05, 0) is 12.5 Å².